The molecule has 7 nitrogen and oxygen atoms in total. The first-order chi connectivity index (χ1) is 13.7. The molecule has 2 aromatic rings. The van der Waals surface area contributed by atoms with E-state index in [2.05, 4.69) is 10.6 Å². The molecule has 0 radical (unpaired) electrons. The van der Waals surface area contributed by atoms with E-state index in [1.807, 2.05) is 19.9 Å². The third-order valence-corrected chi connectivity index (χ3v) is 4.86. The van der Waals surface area contributed by atoms with E-state index in [-0.39, 0.29) is 18.2 Å². The van der Waals surface area contributed by atoms with Gasteiger partial charge in [-0.2, -0.15) is 0 Å². The Balaban J connectivity index is 1.71. The number of carbonyl (C=O) groups excluding carboxylic acids is 3. The normalized spacial score (nSPS) is 17.0. The molecule has 7 heteroatoms. The van der Waals surface area contributed by atoms with Gasteiger partial charge in [0.1, 0.15) is 0 Å². The Bertz CT molecular complexity index is 961. The number of amides is 3. The maximum Gasteiger partial charge on any atom is 0.330 e. The van der Waals surface area contributed by atoms with Gasteiger partial charge in [-0.1, -0.05) is 41.5 Å². The lowest BCUT2D eigenvalue weighted by Crippen LogP contribution is -2.33. The molecule has 0 bridgehead atoms. The Kier molecular flexibility index (Phi) is 5.77. The van der Waals surface area contributed by atoms with E-state index < -0.39 is 23.8 Å². The van der Waals surface area contributed by atoms with Crippen LogP contribution in [0.5, 0.6) is 0 Å². The molecule has 0 saturated carbocycles. The van der Waals surface area contributed by atoms with E-state index in [4.69, 9.17) is 0 Å². The van der Waals surface area contributed by atoms with Crippen molar-refractivity contribution in [2.45, 2.75) is 32.7 Å². The molecule has 3 rings (SSSR count). The molecule has 1 aliphatic heterocycles. The van der Waals surface area contributed by atoms with Crippen LogP contribution in [0.3, 0.4) is 0 Å². The van der Waals surface area contributed by atoms with Gasteiger partial charge in [-0.05, 0) is 43.5 Å². The lowest BCUT2D eigenvalue weighted by Gasteiger charge is -2.16. The summed E-state index contributed by atoms with van der Waals surface area (Å²) in [6, 6.07) is 10.8. The fraction of sp³-hybridized carbons (Fsp3) is 0.273. The second-order valence-electron chi connectivity index (χ2n) is 7.38. The summed E-state index contributed by atoms with van der Waals surface area (Å²) in [6.45, 7) is 3.74. The number of hydrogen-bond donors (Lipinski definition) is 3. The Hall–Kier alpha value is -3.48. The highest BCUT2D eigenvalue weighted by molar-refractivity contribution is 6.03. The number of benzene rings is 2. The number of carboxylic acid groups (broad SMARTS) is 1. The molecule has 1 heterocycles. The molecule has 0 spiro atoms. The Morgan fingerprint density at radius 1 is 1.10 bits per heavy atom. The van der Waals surface area contributed by atoms with Crippen LogP contribution in [0.25, 0.3) is 0 Å². The van der Waals surface area contributed by atoms with Gasteiger partial charge >= 0.3 is 5.97 Å². The molecule has 3 N–H and O–H groups in total. The number of carbonyl (C=O) groups is 4. The number of aliphatic carboxylic acids is 1. The summed E-state index contributed by atoms with van der Waals surface area (Å²) >= 11 is 0. The zero-order valence-corrected chi connectivity index (χ0v) is 16.2. The zero-order chi connectivity index (χ0) is 21.1. The van der Waals surface area contributed by atoms with Gasteiger partial charge in [0.2, 0.25) is 11.8 Å². The molecule has 2 atom stereocenters. The lowest BCUT2D eigenvalue weighted by molar-refractivity contribution is -0.139. The van der Waals surface area contributed by atoms with Crippen molar-refractivity contribution in [1.29, 1.82) is 0 Å². The van der Waals surface area contributed by atoms with Crippen molar-refractivity contribution in [3.63, 3.8) is 0 Å². The van der Waals surface area contributed by atoms with Crippen molar-refractivity contribution in [1.82, 2.24) is 10.6 Å². The Morgan fingerprint density at radius 3 is 2.24 bits per heavy atom. The van der Waals surface area contributed by atoms with Crippen LogP contribution >= 0.6 is 0 Å². The number of carboxylic acids is 1. The average Bonchev–Trinajstić information content (AvgIpc) is 2.96. The predicted molar refractivity (Wildman–Crippen MR) is 105 cm³/mol. The number of rotatable bonds is 6. The van der Waals surface area contributed by atoms with Gasteiger partial charge in [-0.3, -0.25) is 19.7 Å². The van der Waals surface area contributed by atoms with Gasteiger partial charge in [0.25, 0.3) is 5.91 Å². The predicted octanol–water partition coefficient (Wildman–Crippen LogP) is 2.06. The Morgan fingerprint density at radius 2 is 1.72 bits per heavy atom. The molecular weight excluding hydrogens is 372 g/mol. The molecule has 2 aromatic carbocycles. The van der Waals surface area contributed by atoms with Crippen molar-refractivity contribution in [3.05, 3.63) is 70.3 Å². The summed E-state index contributed by atoms with van der Waals surface area (Å²) in [4.78, 5) is 47.2. The molecule has 150 valence electrons. The minimum absolute atomic E-state index is 0.164. The largest absolute Gasteiger partial charge is 0.479 e. The van der Waals surface area contributed by atoms with Crippen LogP contribution in [0.15, 0.2) is 42.5 Å². The standard InChI is InChI=1S/C22H22N2O5/c1-12-7-13(2)9-16(8-12)19(22(28)29)24-20(26)15-5-3-14(4-6-15)10-17-11-18(25)23-21(17)27/h3-9,17,19H,10-11H2,1-2H3,(H,24,26)(H,28,29)(H,23,25,27). The van der Waals surface area contributed by atoms with Crippen LogP contribution in [0.1, 0.15) is 45.1 Å². The molecule has 0 aliphatic carbocycles. The van der Waals surface area contributed by atoms with Crippen LogP contribution in [0.2, 0.25) is 0 Å². The topological polar surface area (TPSA) is 113 Å². The minimum atomic E-state index is -1.16. The van der Waals surface area contributed by atoms with Crippen molar-refractivity contribution in [2.75, 3.05) is 0 Å². The minimum Gasteiger partial charge on any atom is -0.479 e. The fourth-order valence-corrected chi connectivity index (χ4v) is 3.53. The molecule has 3 amide bonds. The van der Waals surface area contributed by atoms with Gasteiger partial charge in [0.05, 0.1) is 5.92 Å². The SMILES string of the molecule is Cc1cc(C)cc(C(NC(=O)c2ccc(CC3CC(=O)NC3=O)cc2)C(=O)O)c1. The van der Waals surface area contributed by atoms with Gasteiger partial charge in [0, 0.05) is 12.0 Å². The van der Waals surface area contributed by atoms with Crippen molar-refractivity contribution >= 4 is 23.7 Å². The van der Waals surface area contributed by atoms with E-state index in [9.17, 15) is 24.3 Å². The summed E-state index contributed by atoms with van der Waals surface area (Å²) in [7, 11) is 0. The van der Waals surface area contributed by atoms with Gasteiger partial charge in [-0.15, -0.1) is 0 Å². The quantitative estimate of drug-likeness (QED) is 0.649. The molecule has 29 heavy (non-hydrogen) atoms. The van der Waals surface area contributed by atoms with E-state index in [0.717, 1.165) is 16.7 Å². The smallest absolute Gasteiger partial charge is 0.330 e. The van der Waals surface area contributed by atoms with Gasteiger partial charge < -0.3 is 10.4 Å². The first-order valence-corrected chi connectivity index (χ1v) is 9.27. The van der Waals surface area contributed by atoms with E-state index in [1.165, 1.54) is 0 Å². The Labute approximate surface area is 168 Å². The number of imide groups is 1. The fourth-order valence-electron chi connectivity index (χ4n) is 3.53. The maximum absolute atomic E-state index is 12.6. The van der Waals surface area contributed by atoms with Crippen molar-refractivity contribution in [2.24, 2.45) is 5.92 Å². The number of aryl methyl sites for hydroxylation is 2. The monoisotopic (exact) mass is 394 g/mol. The van der Waals surface area contributed by atoms with E-state index in [1.54, 1.807) is 36.4 Å². The zero-order valence-electron chi connectivity index (χ0n) is 16.2. The summed E-state index contributed by atoms with van der Waals surface area (Å²) in [5, 5.41) is 14.4. The molecule has 1 saturated heterocycles. The lowest BCUT2D eigenvalue weighted by atomic mass is 9.97. The van der Waals surface area contributed by atoms with Crippen LogP contribution in [0.4, 0.5) is 0 Å². The average molecular weight is 394 g/mol. The first-order valence-electron chi connectivity index (χ1n) is 9.27. The highest BCUT2D eigenvalue weighted by atomic mass is 16.4. The third kappa shape index (κ3) is 4.87. The molecular formula is C22H22N2O5. The second kappa shape index (κ2) is 8.26. The molecule has 1 fully saturated rings. The molecule has 2 unspecified atom stereocenters. The number of nitrogens with one attached hydrogen (secondary N) is 2. The summed E-state index contributed by atoms with van der Waals surface area (Å²) in [5.74, 6) is -2.60. The van der Waals surface area contributed by atoms with Crippen LogP contribution < -0.4 is 10.6 Å². The first kappa shape index (κ1) is 20.3. The van der Waals surface area contributed by atoms with Crippen molar-refractivity contribution < 1.29 is 24.3 Å². The van der Waals surface area contributed by atoms with Gasteiger partial charge in [0.15, 0.2) is 6.04 Å². The summed E-state index contributed by atoms with van der Waals surface area (Å²) in [5.41, 5.74) is 3.48. The second-order valence-corrected chi connectivity index (χ2v) is 7.38. The van der Waals surface area contributed by atoms with Crippen LogP contribution in [-0.4, -0.2) is 28.8 Å². The summed E-state index contributed by atoms with van der Waals surface area (Å²) < 4.78 is 0. The van der Waals surface area contributed by atoms with Gasteiger partial charge in [-0.25, -0.2) is 4.79 Å². The van der Waals surface area contributed by atoms with Crippen LogP contribution in [-0.2, 0) is 20.8 Å². The third-order valence-electron chi connectivity index (χ3n) is 4.86. The van der Waals surface area contributed by atoms with Crippen LogP contribution in [0, 0.1) is 19.8 Å². The maximum atomic E-state index is 12.6. The highest BCUT2D eigenvalue weighted by Gasteiger charge is 2.30. The molecule has 0 aromatic heterocycles. The summed E-state index contributed by atoms with van der Waals surface area (Å²) in [6.07, 6.45) is 0.567. The van der Waals surface area contributed by atoms with E-state index >= 15 is 0 Å². The number of hydrogen-bond acceptors (Lipinski definition) is 4. The molecule has 1 aliphatic rings. The van der Waals surface area contributed by atoms with E-state index in [0.29, 0.717) is 17.5 Å². The van der Waals surface area contributed by atoms with Crippen molar-refractivity contribution in [3.8, 4) is 0 Å². The highest BCUT2D eigenvalue weighted by Crippen LogP contribution is 2.20.